The van der Waals surface area contributed by atoms with E-state index < -0.39 is 58.7 Å². The van der Waals surface area contributed by atoms with E-state index in [1.807, 2.05) is 51.1 Å². The number of carbonyl (C=O) groups is 5. The Morgan fingerprint density at radius 1 is 1.07 bits per heavy atom. The molecule has 45 heavy (non-hydrogen) atoms. The lowest BCUT2D eigenvalue weighted by Crippen LogP contribution is -2.60. The maximum atomic E-state index is 14.1. The van der Waals surface area contributed by atoms with Crippen molar-refractivity contribution in [3.8, 4) is 11.8 Å². The van der Waals surface area contributed by atoms with Crippen LogP contribution in [0.1, 0.15) is 73.8 Å². The monoisotopic (exact) mass is 620 g/mol. The smallest absolute Gasteiger partial charge is 0.408 e. The van der Waals surface area contributed by atoms with Crippen molar-refractivity contribution in [3.63, 3.8) is 0 Å². The van der Waals surface area contributed by atoms with Crippen LogP contribution in [0.15, 0.2) is 43.0 Å². The summed E-state index contributed by atoms with van der Waals surface area (Å²) in [5.41, 5.74) is -0.864. The summed E-state index contributed by atoms with van der Waals surface area (Å²) in [6.45, 7) is 18.8. The second-order valence-corrected chi connectivity index (χ2v) is 14.5. The van der Waals surface area contributed by atoms with Crippen molar-refractivity contribution in [2.24, 2.45) is 22.7 Å². The van der Waals surface area contributed by atoms with Crippen LogP contribution in [-0.4, -0.2) is 71.3 Å². The number of carbonyl (C=O) groups excluding carboxylic acids is 5. The Hall–Kier alpha value is -4.13. The first kappa shape index (κ1) is 35.4. The summed E-state index contributed by atoms with van der Waals surface area (Å²) in [5.74, 6) is 3.11. The number of amides is 4. The molecule has 1 aliphatic carbocycles. The van der Waals surface area contributed by atoms with Gasteiger partial charge in [0.05, 0.1) is 12.6 Å². The number of alkyl carbamates (subject to hydrolysis) is 1. The number of Topliss-reactive ketones (excluding diaryl/α,β-unsaturated/α-hetero) is 1. The Kier molecular flexibility index (Phi) is 10.9. The first-order valence-electron chi connectivity index (χ1n) is 15.5. The van der Waals surface area contributed by atoms with E-state index in [-0.39, 0.29) is 30.2 Å². The summed E-state index contributed by atoms with van der Waals surface area (Å²) in [6.07, 6.45) is 1.43. The van der Waals surface area contributed by atoms with Gasteiger partial charge in [0.25, 0.3) is 5.91 Å². The van der Waals surface area contributed by atoms with Crippen LogP contribution in [0.5, 0.6) is 0 Å². The molecule has 2 fully saturated rings. The highest BCUT2D eigenvalue weighted by Gasteiger charge is 2.70. The number of benzene rings is 1. The molecule has 244 valence electrons. The standard InChI is InChI=1S/C35H48N4O6/c1-10-11-19-24(27(40)30(42)36-20-15-18-22-16-13-12-14-17-22)37-29(41)26-25-23(35(25,8)9)21-39(26)31(43)28(33(2,3)4)38-32(44)45-34(5,6)7/h10,12-14,16-17,23-26,28H,1,11,19-21H2,2-9H3,(H,36,42)(H,37,41)(H,38,44)/t23-,24?,25-,26-,28?/m0/s1. The highest BCUT2D eigenvalue weighted by atomic mass is 16.6. The van der Waals surface area contributed by atoms with Crippen molar-refractivity contribution in [2.45, 2.75) is 92.0 Å². The van der Waals surface area contributed by atoms with Crippen LogP contribution in [0.4, 0.5) is 4.79 Å². The minimum Gasteiger partial charge on any atom is -0.444 e. The Balaban J connectivity index is 1.77. The largest absolute Gasteiger partial charge is 0.444 e. The van der Waals surface area contributed by atoms with E-state index in [1.165, 1.54) is 4.90 Å². The summed E-state index contributed by atoms with van der Waals surface area (Å²) in [4.78, 5) is 68.2. The number of piperidine rings is 1. The van der Waals surface area contributed by atoms with Crippen LogP contribution in [0.3, 0.4) is 0 Å². The predicted molar refractivity (Wildman–Crippen MR) is 172 cm³/mol. The van der Waals surface area contributed by atoms with Gasteiger partial charge in [-0.25, -0.2) is 4.79 Å². The highest BCUT2D eigenvalue weighted by Crippen LogP contribution is 2.65. The molecule has 0 bridgehead atoms. The van der Waals surface area contributed by atoms with Crippen molar-refractivity contribution < 1.29 is 28.7 Å². The fourth-order valence-corrected chi connectivity index (χ4v) is 5.90. The quantitative estimate of drug-likeness (QED) is 0.208. The molecule has 1 aliphatic heterocycles. The van der Waals surface area contributed by atoms with E-state index >= 15 is 0 Å². The summed E-state index contributed by atoms with van der Waals surface area (Å²) in [6, 6.07) is 6.29. The molecule has 3 N–H and O–H groups in total. The zero-order chi connectivity index (χ0) is 33.7. The lowest BCUT2D eigenvalue weighted by molar-refractivity contribution is -0.145. The number of nitrogens with zero attached hydrogens (tertiary/aromatic N) is 1. The van der Waals surface area contributed by atoms with Gasteiger partial charge in [0.2, 0.25) is 17.6 Å². The molecule has 4 amide bonds. The molecule has 10 heteroatoms. The van der Waals surface area contributed by atoms with Gasteiger partial charge in [-0.05, 0) is 68.4 Å². The lowest BCUT2D eigenvalue weighted by atomic mass is 9.85. The van der Waals surface area contributed by atoms with Gasteiger partial charge >= 0.3 is 6.09 Å². The second kappa shape index (κ2) is 13.9. The number of allylic oxidation sites excluding steroid dienone is 1. The molecule has 0 radical (unpaired) electrons. The number of ether oxygens (including phenoxy) is 1. The summed E-state index contributed by atoms with van der Waals surface area (Å²) >= 11 is 0. The number of hydrogen-bond acceptors (Lipinski definition) is 6. The number of nitrogens with one attached hydrogen (secondary N) is 3. The Labute approximate surface area is 267 Å². The molecule has 1 saturated heterocycles. The van der Waals surface area contributed by atoms with Crippen molar-refractivity contribution in [1.82, 2.24) is 20.9 Å². The van der Waals surface area contributed by atoms with Crippen molar-refractivity contribution >= 4 is 29.6 Å². The van der Waals surface area contributed by atoms with Gasteiger partial charge in [-0.2, -0.15) is 0 Å². The third-order valence-corrected chi connectivity index (χ3v) is 8.39. The van der Waals surface area contributed by atoms with Crippen LogP contribution in [-0.2, 0) is 23.9 Å². The van der Waals surface area contributed by atoms with Crippen molar-refractivity contribution in [1.29, 1.82) is 0 Å². The highest BCUT2D eigenvalue weighted by molar-refractivity contribution is 6.38. The van der Waals surface area contributed by atoms with Gasteiger partial charge in [0, 0.05) is 12.1 Å². The molecule has 3 rings (SSSR count). The summed E-state index contributed by atoms with van der Waals surface area (Å²) in [5, 5.41) is 8.02. The Morgan fingerprint density at radius 3 is 2.29 bits per heavy atom. The van der Waals surface area contributed by atoms with Gasteiger partial charge in [0.15, 0.2) is 0 Å². The van der Waals surface area contributed by atoms with Crippen LogP contribution in [0.2, 0.25) is 0 Å². The molecular weight excluding hydrogens is 572 g/mol. The molecular formula is C35H48N4O6. The molecule has 1 aromatic rings. The first-order valence-corrected chi connectivity index (χ1v) is 15.5. The third-order valence-electron chi connectivity index (χ3n) is 8.39. The number of fused-ring (bicyclic) bond motifs is 1. The molecule has 1 heterocycles. The average Bonchev–Trinajstić information content (AvgIpc) is 3.26. The molecule has 0 spiro atoms. The molecule has 2 aliphatic rings. The fraction of sp³-hybridized carbons (Fsp3) is 0.571. The van der Waals surface area contributed by atoms with Gasteiger partial charge in [-0.15, -0.1) is 6.58 Å². The molecule has 5 atom stereocenters. The van der Waals surface area contributed by atoms with Gasteiger partial charge in [-0.1, -0.05) is 70.7 Å². The molecule has 0 aromatic heterocycles. The maximum Gasteiger partial charge on any atom is 0.408 e. The van der Waals surface area contributed by atoms with Crippen molar-refractivity contribution in [2.75, 3.05) is 13.1 Å². The van der Waals surface area contributed by atoms with Crippen molar-refractivity contribution in [3.05, 3.63) is 48.6 Å². The second-order valence-electron chi connectivity index (χ2n) is 14.5. The summed E-state index contributed by atoms with van der Waals surface area (Å²) < 4.78 is 5.42. The van der Waals surface area contributed by atoms with E-state index in [2.05, 4.69) is 48.2 Å². The Bertz CT molecular complexity index is 1360. The minimum atomic E-state index is -1.12. The van der Waals surface area contributed by atoms with Gasteiger partial charge < -0.3 is 25.6 Å². The Morgan fingerprint density at radius 2 is 1.71 bits per heavy atom. The lowest BCUT2D eigenvalue weighted by Gasteiger charge is -2.38. The molecule has 1 aromatic carbocycles. The van der Waals surface area contributed by atoms with Gasteiger partial charge in [0.1, 0.15) is 17.7 Å². The summed E-state index contributed by atoms with van der Waals surface area (Å²) in [7, 11) is 0. The van der Waals surface area contributed by atoms with E-state index in [1.54, 1.807) is 26.8 Å². The van der Waals surface area contributed by atoms with Crippen LogP contribution in [0.25, 0.3) is 0 Å². The van der Waals surface area contributed by atoms with E-state index in [9.17, 15) is 24.0 Å². The predicted octanol–water partition coefficient (Wildman–Crippen LogP) is 3.60. The minimum absolute atomic E-state index is 0.0384. The first-order chi connectivity index (χ1) is 20.9. The molecule has 1 saturated carbocycles. The number of likely N-dealkylation sites (tertiary alicyclic amines) is 1. The van der Waals surface area contributed by atoms with E-state index in [0.717, 1.165) is 5.56 Å². The van der Waals surface area contributed by atoms with Crippen LogP contribution < -0.4 is 16.0 Å². The number of rotatable bonds is 10. The molecule has 2 unspecified atom stereocenters. The molecule has 10 nitrogen and oxygen atoms in total. The maximum absolute atomic E-state index is 14.1. The topological polar surface area (TPSA) is 134 Å². The normalized spacial score (nSPS) is 21.2. The van der Waals surface area contributed by atoms with Gasteiger partial charge in [-0.3, -0.25) is 19.2 Å². The third kappa shape index (κ3) is 8.96. The van der Waals surface area contributed by atoms with E-state index in [4.69, 9.17) is 4.74 Å². The number of hydrogen-bond donors (Lipinski definition) is 3. The zero-order valence-electron chi connectivity index (χ0n) is 27.8. The number of ketones is 1. The van der Waals surface area contributed by atoms with E-state index in [0.29, 0.717) is 13.0 Å². The fourth-order valence-electron chi connectivity index (χ4n) is 5.90. The van der Waals surface area contributed by atoms with Crippen LogP contribution in [0, 0.1) is 34.5 Å². The average molecular weight is 621 g/mol. The van der Waals surface area contributed by atoms with Crippen LogP contribution >= 0.6 is 0 Å². The SMILES string of the molecule is C=CCCC(NC(=O)[C@@H]1[C@@H]2[C@H](CN1C(=O)C(NC(=O)OC(C)(C)C)C(C)(C)C)C2(C)C)C(=O)C(=O)NCC#Cc1ccccc1. The zero-order valence-corrected chi connectivity index (χ0v) is 27.8.